The number of aromatic nitrogens is 2. The first-order valence-electron chi connectivity index (χ1n) is 12.8. The van der Waals surface area contributed by atoms with Crippen LogP contribution in [0.2, 0.25) is 0 Å². The maximum atomic E-state index is 13.6. The number of amides is 2. The van der Waals surface area contributed by atoms with Crippen molar-refractivity contribution in [1.82, 2.24) is 14.7 Å². The van der Waals surface area contributed by atoms with Crippen molar-refractivity contribution in [2.24, 2.45) is 0 Å². The second kappa shape index (κ2) is 12.0. The van der Waals surface area contributed by atoms with Crippen molar-refractivity contribution < 1.29 is 14.0 Å². The Morgan fingerprint density at radius 1 is 1.00 bits per heavy atom. The van der Waals surface area contributed by atoms with E-state index < -0.39 is 0 Å². The van der Waals surface area contributed by atoms with Gasteiger partial charge in [0.1, 0.15) is 5.82 Å². The maximum absolute atomic E-state index is 13.6. The number of halogens is 1. The summed E-state index contributed by atoms with van der Waals surface area (Å²) in [6, 6.07) is 12.6. The van der Waals surface area contributed by atoms with Crippen LogP contribution in [0.1, 0.15) is 61.3 Å². The fraction of sp³-hybridized carbons (Fsp3) is 0.414. The lowest BCUT2D eigenvalue weighted by atomic mass is 10.0. The lowest BCUT2D eigenvalue weighted by molar-refractivity contribution is -0.131. The van der Waals surface area contributed by atoms with E-state index in [2.05, 4.69) is 17.2 Å². The summed E-state index contributed by atoms with van der Waals surface area (Å²) < 4.78 is 15.4. The number of aryl methyl sites for hydroxylation is 1. The standard InChI is InChI=1S/C29H35FN4O2/c1-22-17-27(30)12-11-25(22)19-29(36)32-14-6-4-3-5-7-16-34(23(2)35)28-18-24(9-10-26(28)21-32)20-33-15-8-13-31-33/h8-13,15,17-18H,3-7,14,16,19-21H2,1-2H3. The van der Waals surface area contributed by atoms with E-state index in [1.807, 2.05) is 39.7 Å². The van der Waals surface area contributed by atoms with Gasteiger partial charge in [-0.15, -0.1) is 0 Å². The van der Waals surface area contributed by atoms with Crippen molar-refractivity contribution in [3.8, 4) is 0 Å². The second-order valence-corrected chi connectivity index (χ2v) is 9.67. The van der Waals surface area contributed by atoms with E-state index in [1.165, 1.54) is 12.1 Å². The van der Waals surface area contributed by atoms with E-state index in [-0.39, 0.29) is 24.1 Å². The maximum Gasteiger partial charge on any atom is 0.227 e. The molecule has 6 nitrogen and oxygen atoms in total. The van der Waals surface area contributed by atoms with Crippen LogP contribution in [0.15, 0.2) is 54.9 Å². The molecule has 0 unspecified atom stereocenters. The topological polar surface area (TPSA) is 58.4 Å². The number of carbonyl (C=O) groups is 2. The molecule has 190 valence electrons. The first-order chi connectivity index (χ1) is 17.4. The number of fused-ring (bicyclic) bond motifs is 1. The van der Waals surface area contributed by atoms with Gasteiger partial charge in [0.05, 0.1) is 13.0 Å². The third-order valence-electron chi connectivity index (χ3n) is 6.89. The minimum Gasteiger partial charge on any atom is -0.338 e. The minimum atomic E-state index is -0.292. The zero-order valence-electron chi connectivity index (χ0n) is 21.3. The molecule has 0 bridgehead atoms. The number of anilines is 1. The molecule has 2 amide bonds. The van der Waals surface area contributed by atoms with Crippen LogP contribution in [-0.2, 0) is 29.1 Å². The summed E-state index contributed by atoms with van der Waals surface area (Å²) in [5.41, 5.74) is 4.50. The molecule has 0 radical (unpaired) electrons. The molecule has 2 aromatic carbocycles. The molecule has 0 saturated carbocycles. The monoisotopic (exact) mass is 490 g/mol. The van der Waals surface area contributed by atoms with Crippen molar-refractivity contribution in [3.05, 3.63) is 82.9 Å². The average Bonchev–Trinajstić information content (AvgIpc) is 3.34. The molecular weight excluding hydrogens is 455 g/mol. The quantitative estimate of drug-likeness (QED) is 0.501. The van der Waals surface area contributed by atoms with Gasteiger partial charge in [0.15, 0.2) is 0 Å². The van der Waals surface area contributed by atoms with Crippen molar-refractivity contribution >= 4 is 17.5 Å². The van der Waals surface area contributed by atoms with Crippen molar-refractivity contribution in [1.29, 1.82) is 0 Å². The van der Waals surface area contributed by atoms with Gasteiger partial charge in [-0.3, -0.25) is 14.3 Å². The van der Waals surface area contributed by atoms with Gasteiger partial charge in [-0.25, -0.2) is 4.39 Å². The van der Waals surface area contributed by atoms with E-state index in [1.54, 1.807) is 19.2 Å². The van der Waals surface area contributed by atoms with E-state index >= 15 is 0 Å². The Labute approximate surface area is 212 Å². The van der Waals surface area contributed by atoms with Crippen molar-refractivity contribution in [2.75, 3.05) is 18.0 Å². The molecule has 0 atom stereocenters. The highest BCUT2D eigenvalue weighted by molar-refractivity contribution is 5.92. The highest BCUT2D eigenvalue weighted by Gasteiger charge is 2.22. The molecule has 0 saturated heterocycles. The molecule has 36 heavy (non-hydrogen) atoms. The predicted molar refractivity (Wildman–Crippen MR) is 139 cm³/mol. The lowest BCUT2D eigenvalue weighted by Crippen LogP contribution is -2.35. The summed E-state index contributed by atoms with van der Waals surface area (Å²) in [6.07, 6.45) is 8.98. The van der Waals surface area contributed by atoms with Crippen LogP contribution in [0.4, 0.5) is 10.1 Å². The highest BCUT2D eigenvalue weighted by Crippen LogP contribution is 2.27. The Kier molecular flexibility index (Phi) is 8.52. The summed E-state index contributed by atoms with van der Waals surface area (Å²) in [4.78, 5) is 29.9. The number of nitrogens with zero attached hydrogens (tertiary/aromatic N) is 4. The molecule has 0 aliphatic carbocycles. The Morgan fingerprint density at radius 2 is 1.78 bits per heavy atom. The summed E-state index contributed by atoms with van der Waals surface area (Å²) in [6.45, 7) is 5.81. The minimum absolute atomic E-state index is 0.00404. The van der Waals surface area contributed by atoms with Crippen molar-refractivity contribution in [2.45, 2.75) is 65.5 Å². The van der Waals surface area contributed by atoms with Crippen LogP contribution in [-0.4, -0.2) is 39.6 Å². The highest BCUT2D eigenvalue weighted by atomic mass is 19.1. The number of carbonyl (C=O) groups excluding carboxylic acids is 2. The second-order valence-electron chi connectivity index (χ2n) is 9.67. The smallest absolute Gasteiger partial charge is 0.227 e. The predicted octanol–water partition coefficient (Wildman–Crippen LogP) is 5.27. The van der Waals surface area contributed by atoms with Gasteiger partial charge in [0.25, 0.3) is 0 Å². The zero-order valence-corrected chi connectivity index (χ0v) is 21.3. The fourth-order valence-electron chi connectivity index (χ4n) is 4.85. The number of hydrogen-bond acceptors (Lipinski definition) is 3. The summed E-state index contributed by atoms with van der Waals surface area (Å²) in [5, 5.41) is 4.31. The molecule has 2 heterocycles. The molecule has 1 aromatic heterocycles. The number of rotatable bonds is 4. The average molecular weight is 491 g/mol. The van der Waals surface area contributed by atoms with Gasteiger partial charge in [0.2, 0.25) is 11.8 Å². The SMILES string of the molecule is CC(=O)N1CCCCCCCN(C(=O)Cc2ccc(F)cc2C)Cc2ccc(Cn3cccn3)cc21. The van der Waals surface area contributed by atoms with Crippen LogP contribution < -0.4 is 4.90 Å². The molecular formula is C29H35FN4O2. The molecule has 1 aliphatic rings. The third kappa shape index (κ3) is 6.59. The summed E-state index contributed by atoms with van der Waals surface area (Å²) in [5.74, 6) is -0.272. The molecule has 0 spiro atoms. The van der Waals surface area contributed by atoms with Crippen LogP contribution in [0.3, 0.4) is 0 Å². The number of hydrogen-bond donors (Lipinski definition) is 0. The summed E-state index contributed by atoms with van der Waals surface area (Å²) in [7, 11) is 0. The summed E-state index contributed by atoms with van der Waals surface area (Å²) >= 11 is 0. The van der Waals surface area contributed by atoms with Gasteiger partial charge < -0.3 is 9.80 Å². The zero-order chi connectivity index (χ0) is 25.5. The molecule has 3 aromatic rings. The van der Waals surface area contributed by atoms with Gasteiger partial charge in [-0.05, 0) is 66.3 Å². The van der Waals surface area contributed by atoms with Crippen LogP contribution in [0.25, 0.3) is 0 Å². The molecule has 4 rings (SSSR count). The Morgan fingerprint density at radius 3 is 2.50 bits per heavy atom. The van der Waals surface area contributed by atoms with E-state index in [4.69, 9.17) is 0 Å². The van der Waals surface area contributed by atoms with Crippen molar-refractivity contribution in [3.63, 3.8) is 0 Å². The van der Waals surface area contributed by atoms with E-state index in [0.29, 0.717) is 26.2 Å². The largest absolute Gasteiger partial charge is 0.338 e. The van der Waals surface area contributed by atoms with Crippen LogP contribution >= 0.6 is 0 Å². The molecule has 0 N–H and O–H groups in total. The number of benzene rings is 2. The van der Waals surface area contributed by atoms with Gasteiger partial charge in [0, 0.05) is 44.6 Å². The fourth-order valence-corrected chi connectivity index (χ4v) is 4.85. The van der Waals surface area contributed by atoms with Gasteiger partial charge >= 0.3 is 0 Å². The molecule has 1 aliphatic heterocycles. The van der Waals surface area contributed by atoms with Crippen LogP contribution in [0.5, 0.6) is 0 Å². The van der Waals surface area contributed by atoms with Gasteiger partial charge in [-0.1, -0.05) is 37.5 Å². The Hall–Kier alpha value is -3.48. The normalized spacial score (nSPS) is 15.1. The van der Waals surface area contributed by atoms with E-state index in [0.717, 1.165) is 60.0 Å². The van der Waals surface area contributed by atoms with E-state index in [9.17, 15) is 14.0 Å². The Balaban J connectivity index is 1.65. The first kappa shape index (κ1) is 25.6. The molecule has 7 heteroatoms. The first-order valence-corrected chi connectivity index (χ1v) is 12.8. The van der Waals surface area contributed by atoms with Gasteiger partial charge in [-0.2, -0.15) is 5.10 Å². The third-order valence-corrected chi connectivity index (χ3v) is 6.89. The Bertz CT molecular complexity index is 1190. The van der Waals surface area contributed by atoms with Crippen LogP contribution in [0, 0.1) is 12.7 Å². The molecule has 0 fully saturated rings. The lowest BCUT2D eigenvalue weighted by Gasteiger charge is -2.29.